The van der Waals surface area contributed by atoms with Crippen LogP contribution < -0.4 is 21.4 Å². The summed E-state index contributed by atoms with van der Waals surface area (Å²) in [6.07, 6.45) is 7.66. The first kappa shape index (κ1) is 40.7. The van der Waals surface area contributed by atoms with Crippen molar-refractivity contribution in [3.05, 3.63) is 102 Å². The molecule has 0 spiro atoms. The van der Waals surface area contributed by atoms with Gasteiger partial charge in [-0.2, -0.15) is 0 Å². The summed E-state index contributed by atoms with van der Waals surface area (Å²) in [5.41, 5.74) is 5.24. The topological polar surface area (TPSA) is 162 Å². The number of fused-ring (bicyclic) bond motifs is 11. The van der Waals surface area contributed by atoms with E-state index >= 15 is 0 Å². The molecule has 12 nitrogen and oxygen atoms in total. The predicted octanol–water partition coefficient (Wildman–Crippen LogP) is 4.48. The molecule has 0 radical (unpaired) electrons. The number of hydrogen-bond acceptors (Lipinski definition) is 8. The molecule has 4 amide bonds. The number of nitrogens with one attached hydrogen (secondary N) is 4. The number of nitrogens with zero attached hydrogens (tertiary/aromatic N) is 2. The summed E-state index contributed by atoms with van der Waals surface area (Å²) in [6, 6.07) is 17.8. The van der Waals surface area contributed by atoms with Gasteiger partial charge in [0, 0.05) is 38.4 Å². The fourth-order valence-electron chi connectivity index (χ4n) is 6.17. The van der Waals surface area contributed by atoms with E-state index in [2.05, 4.69) is 26.4 Å². The van der Waals surface area contributed by atoms with Gasteiger partial charge in [0.1, 0.15) is 17.7 Å². The molecule has 5 N–H and O–H groups in total. The maximum atomic E-state index is 14.0. The average Bonchev–Trinajstić information content (AvgIpc) is 3.13. The summed E-state index contributed by atoms with van der Waals surface area (Å²) in [7, 11) is 1.24. The number of aromatic nitrogens is 1. The highest BCUT2D eigenvalue weighted by Gasteiger charge is 2.39. The molecule has 2 aromatic carbocycles. The van der Waals surface area contributed by atoms with E-state index in [0.717, 1.165) is 27.8 Å². The van der Waals surface area contributed by atoms with E-state index in [-0.39, 0.29) is 31.2 Å². The molecule has 2 bridgehead atoms. The number of aliphatic hydroxyl groups is 1. The molecule has 0 saturated heterocycles. The highest BCUT2D eigenvalue weighted by atomic mass is 16.5. The van der Waals surface area contributed by atoms with E-state index in [9.17, 15) is 24.3 Å². The fourth-order valence-corrected chi connectivity index (χ4v) is 6.17. The minimum atomic E-state index is -1.87. The first-order valence-corrected chi connectivity index (χ1v) is 18.1. The minimum absolute atomic E-state index is 0.0271. The highest BCUT2D eigenvalue weighted by molar-refractivity contribution is 5.91. The summed E-state index contributed by atoms with van der Waals surface area (Å²) >= 11 is 0. The van der Waals surface area contributed by atoms with Crippen LogP contribution in [0.3, 0.4) is 0 Å². The Bertz CT molecular complexity index is 1710. The van der Waals surface area contributed by atoms with Crippen LogP contribution >= 0.6 is 0 Å². The number of pyridine rings is 1. The van der Waals surface area contributed by atoms with E-state index in [1.807, 2.05) is 107 Å². The van der Waals surface area contributed by atoms with Crippen molar-refractivity contribution in [1.29, 1.82) is 0 Å². The van der Waals surface area contributed by atoms with Crippen LogP contribution in [0.1, 0.15) is 64.2 Å². The van der Waals surface area contributed by atoms with E-state index < -0.39 is 41.0 Å². The number of allylic oxidation sites excluding steroid dienone is 1. The van der Waals surface area contributed by atoms with Gasteiger partial charge in [-0.3, -0.25) is 24.8 Å². The second-order valence-electron chi connectivity index (χ2n) is 15.0. The summed E-state index contributed by atoms with van der Waals surface area (Å²) < 4.78 is 4.79. The minimum Gasteiger partial charge on any atom is -0.453 e. The molecule has 3 heterocycles. The number of benzene rings is 2. The van der Waals surface area contributed by atoms with Crippen LogP contribution in [0.2, 0.25) is 0 Å². The zero-order valence-electron chi connectivity index (χ0n) is 31.6. The van der Waals surface area contributed by atoms with Crippen molar-refractivity contribution in [3.8, 4) is 11.1 Å². The van der Waals surface area contributed by atoms with Crippen molar-refractivity contribution in [2.24, 2.45) is 11.3 Å². The second-order valence-corrected chi connectivity index (χ2v) is 15.0. The molecule has 12 heteroatoms. The number of carbonyl (C=O) groups excluding carboxylic acids is 4. The molecule has 2 aliphatic heterocycles. The standard InChI is InChI=1S/C41H54N6O6/c1-28(2)34-36(48)43-22-8-7-10-29-11-13-30(14-12-29)26-41(52,38(50)44-34)21-9-25-47(46-37(49)35(40(3,4)5)45-39(51)53-6)27-31-15-17-32(18-16-31)33-19-23-42-24-20-33/h7-8,11-20,23-24,28,34-35,52H,9-10,21-22,25-27H2,1-6H3,(H,43,48)(H,44,50)(H,45,51)(H,46,49)/b8-7-/t34-,35+,41+/m0/s1. The molecule has 0 unspecified atom stereocenters. The third-order valence-electron chi connectivity index (χ3n) is 9.30. The van der Waals surface area contributed by atoms with Gasteiger partial charge < -0.3 is 25.8 Å². The number of ether oxygens (including phenoxy) is 1. The molecule has 3 aromatic rings. The van der Waals surface area contributed by atoms with Crippen LogP contribution in [0.25, 0.3) is 11.1 Å². The maximum Gasteiger partial charge on any atom is 0.407 e. The smallest absolute Gasteiger partial charge is 0.407 e. The normalized spacial score (nSPS) is 19.4. The summed E-state index contributed by atoms with van der Waals surface area (Å²) in [6.45, 7) is 10.1. The van der Waals surface area contributed by atoms with Gasteiger partial charge in [0.15, 0.2) is 0 Å². The monoisotopic (exact) mass is 726 g/mol. The Morgan fingerprint density at radius 1 is 0.981 bits per heavy atom. The molecule has 3 atom stereocenters. The molecular formula is C41H54N6O6. The first-order chi connectivity index (χ1) is 25.2. The van der Waals surface area contributed by atoms with Crippen LogP contribution in [0.4, 0.5) is 4.79 Å². The van der Waals surface area contributed by atoms with Crippen molar-refractivity contribution in [1.82, 2.24) is 31.4 Å². The van der Waals surface area contributed by atoms with Crippen molar-refractivity contribution in [2.45, 2.75) is 84.5 Å². The lowest BCUT2D eigenvalue weighted by molar-refractivity contribution is -0.144. The Hall–Kier alpha value is -5.07. The summed E-state index contributed by atoms with van der Waals surface area (Å²) in [5.74, 6) is -1.64. The first-order valence-electron chi connectivity index (χ1n) is 18.1. The van der Waals surface area contributed by atoms with E-state index in [0.29, 0.717) is 25.9 Å². The van der Waals surface area contributed by atoms with E-state index in [1.54, 1.807) is 17.4 Å². The number of rotatable bonds is 11. The number of carbonyl (C=O) groups is 4. The zero-order valence-corrected chi connectivity index (χ0v) is 31.6. The molecular weight excluding hydrogens is 672 g/mol. The van der Waals surface area contributed by atoms with Crippen molar-refractivity contribution in [2.75, 3.05) is 20.2 Å². The SMILES string of the molecule is COC(=O)N[C@H](C(=O)NN(CCC[C@@]1(O)Cc2ccc(cc2)C/C=C\CNC(=O)[C@H](C(C)C)NC1=O)Cc1ccc(-c2ccncc2)cc1)C(C)(C)C. The number of methoxy groups -OCH3 is 1. The van der Waals surface area contributed by atoms with Crippen LogP contribution in [-0.2, 0) is 38.5 Å². The Labute approximate surface area is 312 Å². The van der Waals surface area contributed by atoms with Crippen LogP contribution in [0.15, 0.2) is 85.2 Å². The summed E-state index contributed by atoms with van der Waals surface area (Å²) in [4.78, 5) is 57.2. The molecule has 2 aliphatic rings. The summed E-state index contributed by atoms with van der Waals surface area (Å²) in [5, 5.41) is 22.2. The zero-order chi connectivity index (χ0) is 38.6. The van der Waals surface area contributed by atoms with Crippen molar-refractivity contribution < 1.29 is 29.0 Å². The average molecular weight is 727 g/mol. The third kappa shape index (κ3) is 12.0. The van der Waals surface area contributed by atoms with Crippen LogP contribution in [-0.4, -0.2) is 76.8 Å². The van der Waals surface area contributed by atoms with Crippen LogP contribution in [0, 0.1) is 11.3 Å². The van der Waals surface area contributed by atoms with Gasteiger partial charge in [-0.25, -0.2) is 9.80 Å². The number of hydrogen-bond donors (Lipinski definition) is 5. The predicted molar refractivity (Wildman–Crippen MR) is 204 cm³/mol. The van der Waals surface area contributed by atoms with Crippen LogP contribution in [0.5, 0.6) is 0 Å². The van der Waals surface area contributed by atoms with Gasteiger partial charge >= 0.3 is 6.09 Å². The molecule has 1 aromatic heterocycles. The second kappa shape index (κ2) is 18.6. The van der Waals surface area contributed by atoms with Gasteiger partial charge in [0.2, 0.25) is 5.91 Å². The quantitative estimate of drug-likeness (QED) is 0.143. The lowest BCUT2D eigenvalue weighted by atomic mass is 9.86. The van der Waals surface area contributed by atoms with Gasteiger partial charge in [0.25, 0.3) is 11.8 Å². The third-order valence-corrected chi connectivity index (χ3v) is 9.30. The van der Waals surface area contributed by atoms with Gasteiger partial charge in [-0.05, 0) is 70.5 Å². The van der Waals surface area contributed by atoms with Gasteiger partial charge in [-0.1, -0.05) is 95.3 Å². The molecule has 0 fully saturated rings. The molecule has 0 saturated carbocycles. The Kier molecular flexibility index (Phi) is 14.3. The Morgan fingerprint density at radius 3 is 2.25 bits per heavy atom. The van der Waals surface area contributed by atoms with Crippen molar-refractivity contribution >= 4 is 23.8 Å². The lowest BCUT2D eigenvalue weighted by Gasteiger charge is -2.34. The largest absolute Gasteiger partial charge is 0.453 e. The van der Waals surface area contributed by atoms with Gasteiger partial charge in [-0.15, -0.1) is 0 Å². The molecule has 284 valence electrons. The molecule has 53 heavy (non-hydrogen) atoms. The number of hydrazine groups is 1. The lowest BCUT2D eigenvalue weighted by Crippen LogP contribution is -2.58. The Balaban J connectivity index is 1.59. The highest BCUT2D eigenvalue weighted by Crippen LogP contribution is 2.24. The number of alkyl carbamates (subject to hydrolysis) is 1. The maximum absolute atomic E-state index is 14.0. The fraction of sp³-hybridized carbons (Fsp3) is 0.439. The van der Waals surface area contributed by atoms with E-state index in [4.69, 9.17) is 4.74 Å². The number of amides is 4. The van der Waals surface area contributed by atoms with Crippen molar-refractivity contribution in [3.63, 3.8) is 0 Å². The molecule has 5 rings (SSSR count). The molecule has 0 aliphatic carbocycles. The Morgan fingerprint density at radius 2 is 1.62 bits per heavy atom. The van der Waals surface area contributed by atoms with E-state index in [1.165, 1.54) is 7.11 Å². The van der Waals surface area contributed by atoms with Gasteiger partial charge in [0.05, 0.1) is 7.11 Å².